The molecular formula is C12H21N3. The van der Waals surface area contributed by atoms with Gasteiger partial charge in [-0.05, 0) is 46.7 Å². The Bertz CT molecular complexity index is 278. The molecule has 0 unspecified atom stereocenters. The standard InChI is InChI=1S/C12H21N3/c1-12(2,3)15-8-5-10(6-9-15)11-4-7-13-14-11/h7,10H,4-6,8-9H2,1-3H3. The quantitative estimate of drug-likeness (QED) is 0.648. The van der Waals surface area contributed by atoms with Crippen LogP contribution in [0.5, 0.6) is 0 Å². The van der Waals surface area contributed by atoms with Gasteiger partial charge in [0.1, 0.15) is 0 Å². The molecule has 0 amide bonds. The summed E-state index contributed by atoms with van der Waals surface area (Å²) in [4.78, 5) is 2.57. The minimum Gasteiger partial charge on any atom is -0.298 e. The molecule has 0 bridgehead atoms. The monoisotopic (exact) mass is 207 g/mol. The average Bonchev–Trinajstić information content (AvgIpc) is 2.69. The van der Waals surface area contributed by atoms with Gasteiger partial charge in [-0.25, -0.2) is 0 Å². The van der Waals surface area contributed by atoms with Crippen LogP contribution in [0.2, 0.25) is 0 Å². The van der Waals surface area contributed by atoms with E-state index >= 15 is 0 Å². The number of likely N-dealkylation sites (tertiary alicyclic amines) is 1. The van der Waals surface area contributed by atoms with Crippen molar-refractivity contribution in [2.45, 2.75) is 45.6 Å². The SMILES string of the molecule is CC(C)(C)N1CCC(C2=NN=CC2)CC1. The molecule has 3 nitrogen and oxygen atoms in total. The molecule has 2 heterocycles. The van der Waals surface area contributed by atoms with Crippen molar-refractivity contribution in [3.05, 3.63) is 0 Å². The fraction of sp³-hybridized carbons (Fsp3) is 0.833. The third-order valence-electron chi connectivity index (χ3n) is 3.48. The molecule has 2 aliphatic rings. The molecule has 0 aromatic carbocycles. The van der Waals surface area contributed by atoms with Crippen LogP contribution in [0, 0.1) is 5.92 Å². The van der Waals surface area contributed by atoms with E-state index in [9.17, 15) is 0 Å². The van der Waals surface area contributed by atoms with E-state index < -0.39 is 0 Å². The Labute approximate surface area is 92.3 Å². The first-order chi connectivity index (χ1) is 7.07. The molecule has 0 atom stereocenters. The van der Waals surface area contributed by atoms with E-state index in [-0.39, 0.29) is 0 Å². The summed E-state index contributed by atoms with van der Waals surface area (Å²) in [7, 11) is 0. The first-order valence-electron chi connectivity index (χ1n) is 5.90. The van der Waals surface area contributed by atoms with E-state index in [4.69, 9.17) is 0 Å². The summed E-state index contributed by atoms with van der Waals surface area (Å²) in [5, 5.41) is 8.17. The highest BCUT2D eigenvalue weighted by atomic mass is 15.2. The van der Waals surface area contributed by atoms with Gasteiger partial charge in [-0.2, -0.15) is 10.2 Å². The normalized spacial score (nSPS) is 24.6. The van der Waals surface area contributed by atoms with Crippen LogP contribution in [0.15, 0.2) is 10.2 Å². The Morgan fingerprint density at radius 3 is 2.40 bits per heavy atom. The molecule has 2 aliphatic heterocycles. The zero-order chi connectivity index (χ0) is 10.9. The first-order valence-corrected chi connectivity index (χ1v) is 5.90. The van der Waals surface area contributed by atoms with Crippen molar-refractivity contribution in [2.24, 2.45) is 16.1 Å². The number of rotatable bonds is 1. The summed E-state index contributed by atoms with van der Waals surface area (Å²) in [6.45, 7) is 9.29. The highest BCUT2D eigenvalue weighted by molar-refractivity contribution is 5.99. The number of nitrogens with zero attached hydrogens (tertiary/aromatic N) is 3. The highest BCUT2D eigenvalue weighted by Crippen LogP contribution is 2.26. The molecule has 0 spiro atoms. The molecule has 3 heteroatoms. The van der Waals surface area contributed by atoms with Crippen molar-refractivity contribution in [3.8, 4) is 0 Å². The third-order valence-corrected chi connectivity index (χ3v) is 3.48. The van der Waals surface area contributed by atoms with Gasteiger partial charge in [-0.1, -0.05) is 0 Å². The second kappa shape index (κ2) is 4.05. The van der Waals surface area contributed by atoms with Crippen LogP contribution >= 0.6 is 0 Å². The van der Waals surface area contributed by atoms with Crippen molar-refractivity contribution in [3.63, 3.8) is 0 Å². The summed E-state index contributed by atoms with van der Waals surface area (Å²) >= 11 is 0. The van der Waals surface area contributed by atoms with Crippen molar-refractivity contribution in [1.29, 1.82) is 0 Å². The Morgan fingerprint density at radius 2 is 1.93 bits per heavy atom. The summed E-state index contributed by atoms with van der Waals surface area (Å²) in [5.41, 5.74) is 1.63. The largest absolute Gasteiger partial charge is 0.298 e. The zero-order valence-electron chi connectivity index (χ0n) is 10.0. The van der Waals surface area contributed by atoms with E-state index in [1.54, 1.807) is 0 Å². The van der Waals surface area contributed by atoms with E-state index in [1.807, 2.05) is 6.21 Å². The predicted octanol–water partition coefficient (Wildman–Crippen LogP) is 2.33. The molecule has 0 aromatic rings. The number of hydrogen-bond acceptors (Lipinski definition) is 3. The summed E-state index contributed by atoms with van der Waals surface area (Å²) in [6.07, 6.45) is 5.41. The molecule has 84 valence electrons. The van der Waals surface area contributed by atoms with Crippen LogP contribution in [-0.2, 0) is 0 Å². The molecule has 0 saturated carbocycles. The van der Waals surface area contributed by atoms with Crippen molar-refractivity contribution in [1.82, 2.24) is 4.90 Å². The topological polar surface area (TPSA) is 28.0 Å². The van der Waals surface area contributed by atoms with Crippen LogP contribution in [-0.4, -0.2) is 35.5 Å². The first kappa shape index (κ1) is 10.8. The highest BCUT2D eigenvalue weighted by Gasteiger charge is 2.29. The summed E-state index contributed by atoms with van der Waals surface area (Å²) < 4.78 is 0. The van der Waals surface area contributed by atoms with Gasteiger partial charge in [0, 0.05) is 29.8 Å². The lowest BCUT2D eigenvalue weighted by atomic mass is 9.88. The van der Waals surface area contributed by atoms with E-state index in [0.29, 0.717) is 11.5 Å². The van der Waals surface area contributed by atoms with Crippen molar-refractivity contribution < 1.29 is 0 Å². The van der Waals surface area contributed by atoms with E-state index in [2.05, 4.69) is 35.9 Å². The van der Waals surface area contributed by atoms with Gasteiger partial charge in [0.05, 0.1) is 0 Å². The molecule has 0 aromatic heterocycles. The minimum absolute atomic E-state index is 0.318. The molecule has 1 fully saturated rings. The Balaban J connectivity index is 1.87. The van der Waals surface area contributed by atoms with Crippen LogP contribution < -0.4 is 0 Å². The Hall–Kier alpha value is -0.700. The van der Waals surface area contributed by atoms with Crippen LogP contribution in [0.3, 0.4) is 0 Å². The maximum Gasteiger partial charge on any atom is 0.0491 e. The molecule has 0 aliphatic carbocycles. The zero-order valence-corrected chi connectivity index (χ0v) is 10.0. The third kappa shape index (κ3) is 2.46. The van der Waals surface area contributed by atoms with Crippen molar-refractivity contribution in [2.75, 3.05) is 13.1 Å². The van der Waals surface area contributed by atoms with Crippen LogP contribution in [0.1, 0.15) is 40.0 Å². The van der Waals surface area contributed by atoms with Gasteiger partial charge < -0.3 is 0 Å². The Kier molecular flexibility index (Phi) is 2.91. The molecule has 1 saturated heterocycles. The van der Waals surface area contributed by atoms with Crippen LogP contribution in [0.25, 0.3) is 0 Å². The maximum atomic E-state index is 4.21. The van der Waals surface area contributed by atoms with Crippen molar-refractivity contribution >= 4 is 11.9 Å². The second-order valence-electron chi connectivity index (χ2n) is 5.53. The summed E-state index contributed by atoms with van der Waals surface area (Å²) in [6, 6.07) is 0. The lowest BCUT2D eigenvalue weighted by molar-refractivity contribution is 0.100. The van der Waals surface area contributed by atoms with Gasteiger partial charge >= 0.3 is 0 Å². The lowest BCUT2D eigenvalue weighted by Crippen LogP contribution is -2.47. The average molecular weight is 207 g/mol. The molecule has 15 heavy (non-hydrogen) atoms. The molecule has 0 N–H and O–H groups in total. The summed E-state index contributed by atoms with van der Waals surface area (Å²) in [5.74, 6) is 0.686. The molecule has 0 radical (unpaired) electrons. The minimum atomic E-state index is 0.318. The van der Waals surface area contributed by atoms with Gasteiger partial charge in [0.15, 0.2) is 0 Å². The van der Waals surface area contributed by atoms with Gasteiger partial charge in [0.25, 0.3) is 0 Å². The molecular weight excluding hydrogens is 186 g/mol. The second-order valence-corrected chi connectivity index (χ2v) is 5.53. The fourth-order valence-electron chi connectivity index (χ4n) is 2.42. The predicted molar refractivity (Wildman–Crippen MR) is 64.6 cm³/mol. The van der Waals surface area contributed by atoms with Gasteiger partial charge in [-0.15, -0.1) is 0 Å². The smallest absolute Gasteiger partial charge is 0.0491 e. The van der Waals surface area contributed by atoms with E-state index in [0.717, 1.165) is 6.42 Å². The Morgan fingerprint density at radius 1 is 1.27 bits per heavy atom. The van der Waals surface area contributed by atoms with Gasteiger partial charge in [0.2, 0.25) is 0 Å². The fourth-order valence-corrected chi connectivity index (χ4v) is 2.42. The van der Waals surface area contributed by atoms with Gasteiger partial charge in [-0.3, -0.25) is 4.90 Å². The maximum absolute atomic E-state index is 4.21. The van der Waals surface area contributed by atoms with E-state index in [1.165, 1.54) is 31.6 Å². The number of piperidine rings is 1. The van der Waals surface area contributed by atoms with Crippen LogP contribution in [0.4, 0.5) is 0 Å². The molecule has 2 rings (SSSR count). The lowest BCUT2D eigenvalue weighted by Gasteiger charge is -2.40. The number of hydrogen-bond donors (Lipinski definition) is 0.